The van der Waals surface area contributed by atoms with Gasteiger partial charge in [-0.05, 0) is 5.92 Å². The maximum absolute atomic E-state index is 11.2. The van der Waals surface area contributed by atoms with Gasteiger partial charge in [0.15, 0.2) is 0 Å². The highest BCUT2D eigenvalue weighted by atomic mass is 16.6. The van der Waals surface area contributed by atoms with Crippen LogP contribution in [-0.4, -0.2) is 45.5 Å². The number of esters is 1. The summed E-state index contributed by atoms with van der Waals surface area (Å²) in [7, 11) is 1.60. The molecule has 1 atom stereocenters. The van der Waals surface area contributed by atoms with E-state index in [2.05, 4.69) is 0 Å². The Bertz CT molecular complexity index is 173. The number of carbonyl (C=O) groups excluding carboxylic acids is 1. The average molecular weight is 219 g/mol. The van der Waals surface area contributed by atoms with Gasteiger partial charge >= 0.3 is 5.97 Å². The van der Waals surface area contributed by atoms with Crippen LogP contribution in [0.3, 0.4) is 0 Å². The van der Waals surface area contributed by atoms with Gasteiger partial charge in [-0.25, -0.2) is 0 Å². The molecular weight excluding hydrogens is 198 g/mol. The van der Waals surface area contributed by atoms with Gasteiger partial charge < -0.3 is 19.9 Å². The first-order valence-electron chi connectivity index (χ1n) is 5.08. The van der Waals surface area contributed by atoms with Crippen LogP contribution >= 0.6 is 0 Å². The van der Waals surface area contributed by atoms with Crippen LogP contribution in [-0.2, 0) is 19.0 Å². The molecule has 0 aromatic carbocycles. The Morgan fingerprint density at radius 1 is 1.20 bits per heavy atom. The van der Waals surface area contributed by atoms with Crippen molar-refractivity contribution in [2.45, 2.75) is 19.9 Å². The normalized spacial score (nSPS) is 12.9. The van der Waals surface area contributed by atoms with Gasteiger partial charge in [0.05, 0.1) is 19.8 Å². The Labute approximate surface area is 90.9 Å². The van der Waals surface area contributed by atoms with Gasteiger partial charge in [-0.15, -0.1) is 0 Å². The van der Waals surface area contributed by atoms with Crippen molar-refractivity contribution in [1.82, 2.24) is 0 Å². The summed E-state index contributed by atoms with van der Waals surface area (Å²) in [6.45, 7) is 5.41. The van der Waals surface area contributed by atoms with E-state index in [1.165, 1.54) is 0 Å². The molecule has 0 saturated carbocycles. The number of ether oxygens (including phenoxy) is 3. The van der Waals surface area contributed by atoms with Crippen LogP contribution in [0, 0.1) is 5.92 Å². The molecule has 0 aromatic heterocycles. The SMILES string of the molecule is COCCOCCOC(=O)C(N)C(C)C. The summed E-state index contributed by atoms with van der Waals surface area (Å²) in [5.41, 5.74) is 5.59. The fourth-order valence-electron chi connectivity index (χ4n) is 0.814. The molecular formula is C10H21NO4. The first-order valence-corrected chi connectivity index (χ1v) is 5.08. The largest absolute Gasteiger partial charge is 0.462 e. The molecule has 0 rings (SSSR count). The molecule has 2 N–H and O–H groups in total. The van der Waals surface area contributed by atoms with E-state index in [1.807, 2.05) is 13.8 Å². The predicted molar refractivity (Wildman–Crippen MR) is 56.5 cm³/mol. The lowest BCUT2D eigenvalue weighted by molar-refractivity contribution is -0.147. The van der Waals surface area contributed by atoms with E-state index in [9.17, 15) is 4.79 Å². The van der Waals surface area contributed by atoms with Gasteiger partial charge in [0.2, 0.25) is 0 Å². The van der Waals surface area contributed by atoms with Crippen molar-refractivity contribution >= 4 is 5.97 Å². The minimum absolute atomic E-state index is 0.0897. The minimum Gasteiger partial charge on any atom is -0.462 e. The van der Waals surface area contributed by atoms with Gasteiger partial charge in [0.1, 0.15) is 12.6 Å². The van der Waals surface area contributed by atoms with E-state index in [1.54, 1.807) is 7.11 Å². The van der Waals surface area contributed by atoms with E-state index in [0.29, 0.717) is 19.8 Å². The van der Waals surface area contributed by atoms with Gasteiger partial charge in [-0.2, -0.15) is 0 Å². The molecule has 0 heterocycles. The third kappa shape index (κ3) is 7.30. The van der Waals surface area contributed by atoms with Crippen molar-refractivity contribution in [3.63, 3.8) is 0 Å². The van der Waals surface area contributed by atoms with Crippen LogP contribution < -0.4 is 5.73 Å². The highest BCUT2D eigenvalue weighted by molar-refractivity contribution is 5.75. The van der Waals surface area contributed by atoms with E-state index in [4.69, 9.17) is 19.9 Å². The first-order chi connectivity index (χ1) is 7.09. The molecule has 0 amide bonds. The molecule has 0 bridgehead atoms. The third-order valence-corrected chi connectivity index (χ3v) is 1.89. The topological polar surface area (TPSA) is 70.8 Å². The van der Waals surface area contributed by atoms with Crippen molar-refractivity contribution in [1.29, 1.82) is 0 Å². The number of hydrogen-bond acceptors (Lipinski definition) is 5. The Hall–Kier alpha value is -0.650. The molecule has 0 aromatic rings. The molecule has 5 nitrogen and oxygen atoms in total. The maximum Gasteiger partial charge on any atom is 0.323 e. The molecule has 0 aliphatic carbocycles. The number of carbonyl (C=O) groups is 1. The zero-order chi connectivity index (χ0) is 11.7. The fourth-order valence-corrected chi connectivity index (χ4v) is 0.814. The third-order valence-electron chi connectivity index (χ3n) is 1.89. The van der Waals surface area contributed by atoms with Gasteiger partial charge in [0.25, 0.3) is 0 Å². The van der Waals surface area contributed by atoms with E-state index >= 15 is 0 Å². The molecule has 5 heteroatoms. The summed E-state index contributed by atoms with van der Waals surface area (Å²) in [5.74, 6) is -0.285. The quantitative estimate of drug-likeness (QED) is 0.465. The number of methoxy groups -OCH3 is 1. The summed E-state index contributed by atoms with van der Waals surface area (Å²) in [6.07, 6.45) is 0. The number of hydrogen-bond donors (Lipinski definition) is 1. The van der Waals surface area contributed by atoms with Crippen LogP contribution in [0.5, 0.6) is 0 Å². The summed E-state index contributed by atoms with van der Waals surface area (Å²) in [4.78, 5) is 11.2. The second-order valence-corrected chi connectivity index (χ2v) is 3.54. The van der Waals surface area contributed by atoms with Crippen LogP contribution in [0.4, 0.5) is 0 Å². The molecule has 90 valence electrons. The molecule has 0 saturated heterocycles. The van der Waals surface area contributed by atoms with E-state index < -0.39 is 6.04 Å². The molecule has 0 fully saturated rings. The average Bonchev–Trinajstić information content (AvgIpc) is 2.21. The van der Waals surface area contributed by atoms with E-state index in [0.717, 1.165) is 0 Å². The molecule has 15 heavy (non-hydrogen) atoms. The lowest BCUT2D eigenvalue weighted by Gasteiger charge is -2.14. The zero-order valence-electron chi connectivity index (χ0n) is 9.69. The van der Waals surface area contributed by atoms with E-state index in [-0.39, 0.29) is 18.5 Å². The second-order valence-electron chi connectivity index (χ2n) is 3.54. The highest BCUT2D eigenvalue weighted by Crippen LogP contribution is 2.00. The molecule has 0 aliphatic heterocycles. The Kier molecular flexibility index (Phi) is 8.27. The summed E-state index contributed by atoms with van der Waals surface area (Å²) in [5, 5.41) is 0. The highest BCUT2D eigenvalue weighted by Gasteiger charge is 2.18. The second kappa shape index (κ2) is 8.64. The molecule has 0 spiro atoms. The van der Waals surface area contributed by atoms with Gasteiger partial charge in [0, 0.05) is 7.11 Å². The first kappa shape index (κ1) is 14.3. The van der Waals surface area contributed by atoms with Crippen LogP contribution in [0.25, 0.3) is 0 Å². The summed E-state index contributed by atoms with van der Waals surface area (Å²) < 4.78 is 14.8. The number of nitrogens with two attached hydrogens (primary N) is 1. The Balaban J connectivity index is 3.39. The Morgan fingerprint density at radius 2 is 1.80 bits per heavy atom. The van der Waals surface area contributed by atoms with Crippen molar-refractivity contribution in [3.8, 4) is 0 Å². The van der Waals surface area contributed by atoms with Crippen molar-refractivity contribution in [2.24, 2.45) is 11.7 Å². The lowest BCUT2D eigenvalue weighted by Crippen LogP contribution is -2.37. The lowest BCUT2D eigenvalue weighted by atomic mass is 10.1. The smallest absolute Gasteiger partial charge is 0.323 e. The monoisotopic (exact) mass is 219 g/mol. The van der Waals surface area contributed by atoms with Gasteiger partial charge in [-0.3, -0.25) is 4.79 Å². The summed E-state index contributed by atoms with van der Waals surface area (Å²) in [6, 6.07) is -0.552. The molecule has 0 aliphatic rings. The maximum atomic E-state index is 11.2. The molecule has 1 unspecified atom stereocenters. The van der Waals surface area contributed by atoms with Crippen molar-refractivity contribution in [2.75, 3.05) is 33.5 Å². The van der Waals surface area contributed by atoms with Crippen LogP contribution in [0.2, 0.25) is 0 Å². The zero-order valence-corrected chi connectivity index (χ0v) is 9.69. The standard InChI is InChI=1S/C10H21NO4/c1-8(2)9(11)10(12)15-7-6-14-5-4-13-3/h8-9H,4-7,11H2,1-3H3. The Morgan fingerprint density at radius 3 is 2.33 bits per heavy atom. The van der Waals surface area contributed by atoms with Crippen molar-refractivity contribution < 1.29 is 19.0 Å². The van der Waals surface area contributed by atoms with Crippen LogP contribution in [0.1, 0.15) is 13.8 Å². The predicted octanol–water partition coefficient (Wildman–Crippen LogP) is 0.176. The number of rotatable bonds is 8. The minimum atomic E-state index is -0.552. The fraction of sp³-hybridized carbons (Fsp3) is 0.900. The summed E-state index contributed by atoms with van der Waals surface area (Å²) >= 11 is 0. The van der Waals surface area contributed by atoms with Crippen LogP contribution in [0.15, 0.2) is 0 Å². The van der Waals surface area contributed by atoms with Gasteiger partial charge in [-0.1, -0.05) is 13.8 Å². The van der Waals surface area contributed by atoms with Crippen molar-refractivity contribution in [3.05, 3.63) is 0 Å². The molecule has 0 radical (unpaired) electrons.